The third kappa shape index (κ3) is 2.60. The van der Waals surface area contributed by atoms with Crippen LogP contribution in [0.15, 0.2) is 12.3 Å². The van der Waals surface area contributed by atoms with Crippen LogP contribution >= 0.6 is 0 Å². The van der Waals surface area contributed by atoms with Crippen LogP contribution < -0.4 is 5.73 Å². The monoisotopic (exact) mass is 177 g/mol. The maximum atomic E-state index is 5.68. The molecule has 0 saturated carbocycles. The number of hydrogen-bond acceptors (Lipinski definition) is 2. The van der Waals surface area contributed by atoms with Crippen LogP contribution in [0.5, 0.6) is 0 Å². The molecule has 0 bridgehead atoms. The molecule has 1 rings (SSSR count). The van der Waals surface area contributed by atoms with Gasteiger partial charge in [0.25, 0.3) is 0 Å². The molecule has 13 heavy (non-hydrogen) atoms. The SMILES string of the molecule is CCC(N)C#Cc1ccnn1CC. The first-order valence-corrected chi connectivity index (χ1v) is 4.56. The third-order valence-electron chi connectivity index (χ3n) is 1.84. The van der Waals surface area contributed by atoms with Crippen molar-refractivity contribution < 1.29 is 0 Å². The van der Waals surface area contributed by atoms with Crippen LogP contribution in [0.1, 0.15) is 26.0 Å². The normalized spacial score (nSPS) is 11.9. The van der Waals surface area contributed by atoms with Crippen molar-refractivity contribution in [2.75, 3.05) is 0 Å². The second-order valence-electron chi connectivity index (χ2n) is 2.82. The van der Waals surface area contributed by atoms with Crippen LogP contribution in [-0.2, 0) is 6.54 Å². The topological polar surface area (TPSA) is 43.8 Å². The van der Waals surface area contributed by atoms with E-state index in [4.69, 9.17) is 5.73 Å². The highest BCUT2D eigenvalue weighted by molar-refractivity contribution is 5.28. The van der Waals surface area contributed by atoms with Gasteiger partial charge < -0.3 is 5.73 Å². The summed E-state index contributed by atoms with van der Waals surface area (Å²) >= 11 is 0. The zero-order valence-corrected chi connectivity index (χ0v) is 8.12. The summed E-state index contributed by atoms with van der Waals surface area (Å²) in [5, 5.41) is 4.11. The summed E-state index contributed by atoms with van der Waals surface area (Å²) in [6, 6.07) is 1.87. The molecule has 0 aliphatic heterocycles. The highest BCUT2D eigenvalue weighted by atomic mass is 15.3. The highest BCUT2D eigenvalue weighted by Crippen LogP contribution is 1.95. The largest absolute Gasteiger partial charge is 0.318 e. The third-order valence-corrected chi connectivity index (χ3v) is 1.84. The molecule has 0 saturated heterocycles. The van der Waals surface area contributed by atoms with Crippen molar-refractivity contribution in [3.63, 3.8) is 0 Å². The van der Waals surface area contributed by atoms with Gasteiger partial charge in [0.2, 0.25) is 0 Å². The van der Waals surface area contributed by atoms with E-state index in [0.717, 1.165) is 18.7 Å². The van der Waals surface area contributed by atoms with E-state index in [-0.39, 0.29) is 6.04 Å². The molecular weight excluding hydrogens is 162 g/mol. The molecule has 1 atom stereocenters. The fourth-order valence-corrected chi connectivity index (χ4v) is 0.960. The fraction of sp³-hybridized carbons (Fsp3) is 0.500. The lowest BCUT2D eigenvalue weighted by molar-refractivity contribution is 0.652. The van der Waals surface area contributed by atoms with Gasteiger partial charge in [-0.25, -0.2) is 0 Å². The lowest BCUT2D eigenvalue weighted by Gasteiger charge is -1.98. The van der Waals surface area contributed by atoms with Crippen molar-refractivity contribution in [3.8, 4) is 11.8 Å². The Bertz CT molecular complexity index is 316. The van der Waals surface area contributed by atoms with Crippen LogP contribution in [0.2, 0.25) is 0 Å². The Kier molecular flexibility index (Phi) is 3.53. The molecule has 0 aliphatic rings. The molecule has 0 radical (unpaired) electrons. The van der Waals surface area contributed by atoms with Gasteiger partial charge in [-0.1, -0.05) is 12.8 Å². The highest BCUT2D eigenvalue weighted by Gasteiger charge is 1.95. The summed E-state index contributed by atoms with van der Waals surface area (Å²) in [4.78, 5) is 0. The van der Waals surface area contributed by atoms with Gasteiger partial charge in [-0.05, 0) is 25.3 Å². The lowest BCUT2D eigenvalue weighted by Crippen LogP contribution is -2.15. The van der Waals surface area contributed by atoms with Crippen molar-refractivity contribution >= 4 is 0 Å². The van der Waals surface area contributed by atoms with Gasteiger partial charge in [-0.2, -0.15) is 5.10 Å². The average molecular weight is 177 g/mol. The van der Waals surface area contributed by atoms with E-state index < -0.39 is 0 Å². The van der Waals surface area contributed by atoms with Gasteiger partial charge in [-0.15, -0.1) is 0 Å². The minimum absolute atomic E-state index is 0.0276. The summed E-state index contributed by atoms with van der Waals surface area (Å²) in [5.74, 6) is 6.00. The van der Waals surface area contributed by atoms with Gasteiger partial charge in [0.1, 0.15) is 5.69 Å². The minimum Gasteiger partial charge on any atom is -0.318 e. The number of nitrogens with two attached hydrogens (primary N) is 1. The van der Waals surface area contributed by atoms with E-state index >= 15 is 0 Å². The molecule has 1 unspecified atom stereocenters. The maximum Gasteiger partial charge on any atom is 0.111 e. The first-order valence-electron chi connectivity index (χ1n) is 4.56. The molecule has 3 heteroatoms. The van der Waals surface area contributed by atoms with Gasteiger partial charge in [-0.3, -0.25) is 4.68 Å². The van der Waals surface area contributed by atoms with E-state index in [1.165, 1.54) is 0 Å². The predicted molar refractivity (Wildman–Crippen MR) is 53.0 cm³/mol. The molecule has 3 nitrogen and oxygen atoms in total. The standard InChI is InChI=1S/C10H15N3/c1-3-9(11)5-6-10-7-8-12-13(10)4-2/h7-9H,3-4,11H2,1-2H3. The molecule has 0 aliphatic carbocycles. The molecule has 70 valence electrons. The Labute approximate surface area is 78.9 Å². The molecule has 0 fully saturated rings. The number of rotatable bonds is 2. The second kappa shape index (κ2) is 4.68. The zero-order chi connectivity index (χ0) is 9.68. The molecular formula is C10H15N3. The van der Waals surface area contributed by atoms with Gasteiger partial charge in [0.05, 0.1) is 12.2 Å². The summed E-state index contributed by atoms with van der Waals surface area (Å²) in [6.45, 7) is 4.91. The first kappa shape index (κ1) is 9.82. The predicted octanol–water partition coefficient (Wildman–Crippen LogP) is 0.992. The molecule has 1 aromatic rings. The molecule has 1 aromatic heterocycles. The summed E-state index contributed by atoms with van der Waals surface area (Å²) in [6.07, 6.45) is 2.64. The van der Waals surface area contributed by atoms with Crippen molar-refractivity contribution in [1.29, 1.82) is 0 Å². The fourth-order valence-electron chi connectivity index (χ4n) is 0.960. The molecule has 2 N–H and O–H groups in total. The molecule has 0 amide bonds. The Balaban J connectivity index is 2.76. The van der Waals surface area contributed by atoms with Crippen molar-refractivity contribution in [3.05, 3.63) is 18.0 Å². The van der Waals surface area contributed by atoms with Gasteiger partial charge >= 0.3 is 0 Å². The number of aromatic nitrogens is 2. The first-order chi connectivity index (χ1) is 6.27. The van der Waals surface area contributed by atoms with Crippen molar-refractivity contribution in [2.24, 2.45) is 5.73 Å². The quantitative estimate of drug-likeness (QED) is 0.685. The van der Waals surface area contributed by atoms with Crippen LogP contribution in [0.25, 0.3) is 0 Å². The van der Waals surface area contributed by atoms with Crippen molar-refractivity contribution in [1.82, 2.24) is 9.78 Å². The van der Waals surface area contributed by atoms with E-state index in [1.807, 2.05) is 24.6 Å². The summed E-state index contributed by atoms with van der Waals surface area (Å²) < 4.78 is 1.86. The second-order valence-corrected chi connectivity index (χ2v) is 2.82. The lowest BCUT2D eigenvalue weighted by atomic mass is 10.2. The smallest absolute Gasteiger partial charge is 0.111 e. The number of nitrogens with zero attached hydrogens (tertiary/aromatic N) is 2. The van der Waals surface area contributed by atoms with Gasteiger partial charge in [0, 0.05) is 6.54 Å². The van der Waals surface area contributed by atoms with E-state index in [1.54, 1.807) is 6.20 Å². The molecule has 1 heterocycles. The van der Waals surface area contributed by atoms with Crippen LogP contribution in [0, 0.1) is 11.8 Å². The summed E-state index contributed by atoms with van der Waals surface area (Å²) in [5.41, 5.74) is 6.61. The van der Waals surface area contributed by atoms with Crippen LogP contribution in [0.4, 0.5) is 0 Å². The van der Waals surface area contributed by atoms with Crippen LogP contribution in [0.3, 0.4) is 0 Å². The Hall–Kier alpha value is -1.27. The van der Waals surface area contributed by atoms with Gasteiger partial charge in [0.15, 0.2) is 0 Å². The zero-order valence-electron chi connectivity index (χ0n) is 8.12. The number of hydrogen-bond donors (Lipinski definition) is 1. The minimum atomic E-state index is -0.0276. The van der Waals surface area contributed by atoms with Crippen molar-refractivity contribution in [2.45, 2.75) is 32.9 Å². The molecule has 0 aromatic carbocycles. The van der Waals surface area contributed by atoms with E-state index in [0.29, 0.717) is 0 Å². The van der Waals surface area contributed by atoms with E-state index in [2.05, 4.69) is 16.9 Å². The molecule has 0 spiro atoms. The summed E-state index contributed by atoms with van der Waals surface area (Å²) in [7, 11) is 0. The van der Waals surface area contributed by atoms with Crippen LogP contribution in [-0.4, -0.2) is 15.8 Å². The number of aryl methyl sites for hydroxylation is 1. The van der Waals surface area contributed by atoms with E-state index in [9.17, 15) is 0 Å². The Morgan fingerprint density at radius 2 is 2.38 bits per heavy atom. The average Bonchev–Trinajstić information content (AvgIpc) is 2.61. The maximum absolute atomic E-state index is 5.68. The Morgan fingerprint density at radius 1 is 1.62 bits per heavy atom. The Morgan fingerprint density at radius 3 is 3.00 bits per heavy atom.